The van der Waals surface area contributed by atoms with Gasteiger partial charge in [0, 0.05) is 32.8 Å². The molecule has 1 amide bonds. The van der Waals surface area contributed by atoms with Crippen LogP contribution in [0.5, 0.6) is 0 Å². The molecule has 0 saturated heterocycles. The van der Waals surface area contributed by atoms with Crippen LogP contribution < -0.4 is 5.32 Å². The summed E-state index contributed by atoms with van der Waals surface area (Å²) in [5.74, 6) is -2.63. The SMILES string of the molecule is CC(C)C(C(=O)NCc1ccccc1S(=O)(=O)N(C)C)n1cnc2cc(F)c(F)cc21. The van der Waals surface area contributed by atoms with E-state index in [1.165, 1.54) is 31.1 Å². The van der Waals surface area contributed by atoms with Crippen molar-refractivity contribution in [1.82, 2.24) is 19.2 Å². The van der Waals surface area contributed by atoms with E-state index in [0.29, 0.717) is 11.1 Å². The van der Waals surface area contributed by atoms with Crippen molar-refractivity contribution in [1.29, 1.82) is 0 Å². The van der Waals surface area contributed by atoms with E-state index >= 15 is 0 Å². The lowest BCUT2D eigenvalue weighted by atomic mass is 10.0. The first kappa shape index (κ1) is 22.8. The van der Waals surface area contributed by atoms with Crippen LogP contribution in [0.25, 0.3) is 11.0 Å². The van der Waals surface area contributed by atoms with E-state index in [0.717, 1.165) is 16.4 Å². The van der Waals surface area contributed by atoms with Crippen LogP contribution in [0.15, 0.2) is 47.6 Å². The molecular weight excluding hydrogens is 426 g/mol. The van der Waals surface area contributed by atoms with E-state index < -0.39 is 33.6 Å². The van der Waals surface area contributed by atoms with Crippen LogP contribution in [0, 0.1) is 17.6 Å². The maximum atomic E-state index is 13.8. The molecule has 0 radical (unpaired) electrons. The summed E-state index contributed by atoms with van der Waals surface area (Å²) in [6.45, 7) is 3.63. The molecule has 0 aliphatic rings. The summed E-state index contributed by atoms with van der Waals surface area (Å²) in [7, 11) is -0.811. The number of hydrogen-bond donors (Lipinski definition) is 1. The predicted molar refractivity (Wildman–Crippen MR) is 113 cm³/mol. The van der Waals surface area contributed by atoms with Crippen molar-refractivity contribution in [2.45, 2.75) is 31.3 Å². The molecule has 2 aromatic carbocycles. The van der Waals surface area contributed by atoms with Crippen LogP contribution in [0.2, 0.25) is 0 Å². The first-order chi connectivity index (χ1) is 14.5. The zero-order chi connectivity index (χ0) is 22.9. The summed E-state index contributed by atoms with van der Waals surface area (Å²) < 4.78 is 55.0. The highest BCUT2D eigenvalue weighted by Gasteiger charge is 2.27. The van der Waals surface area contributed by atoms with Gasteiger partial charge in [0.15, 0.2) is 11.6 Å². The third kappa shape index (κ3) is 4.45. The Morgan fingerprint density at radius 2 is 1.81 bits per heavy atom. The Morgan fingerprint density at radius 3 is 2.45 bits per heavy atom. The monoisotopic (exact) mass is 450 g/mol. The third-order valence-corrected chi connectivity index (χ3v) is 6.92. The van der Waals surface area contributed by atoms with Crippen molar-refractivity contribution in [3.63, 3.8) is 0 Å². The molecule has 7 nitrogen and oxygen atoms in total. The van der Waals surface area contributed by atoms with Crippen molar-refractivity contribution in [3.05, 3.63) is 59.9 Å². The summed E-state index contributed by atoms with van der Waals surface area (Å²) in [5.41, 5.74) is 0.971. The number of hydrogen-bond acceptors (Lipinski definition) is 4. The molecule has 31 heavy (non-hydrogen) atoms. The maximum Gasteiger partial charge on any atom is 0.243 e. The van der Waals surface area contributed by atoms with Crippen LogP contribution in [0.1, 0.15) is 25.5 Å². The third-order valence-electron chi connectivity index (χ3n) is 5.00. The van der Waals surface area contributed by atoms with E-state index in [2.05, 4.69) is 10.3 Å². The van der Waals surface area contributed by atoms with Crippen molar-refractivity contribution in [3.8, 4) is 0 Å². The highest BCUT2D eigenvalue weighted by atomic mass is 32.2. The van der Waals surface area contributed by atoms with E-state index in [4.69, 9.17) is 0 Å². The minimum atomic E-state index is -3.68. The Balaban J connectivity index is 1.90. The van der Waals surface area contributed by atoms with Gasteiger partial charge in [-0.3, -0.25) is 4.79 Å². The van der Waals surface area contributed by atoms with Gasteiger partial charge in [0.05, 0.1) is 22.3 Å². The standard InChI is InChI=1S/C21H24F2N4O3S/c1-13(2)20(27-12-25-17-9-15(22)16(23)10-18(17)27)21(28)24-11-14-7-5-6-8-19(14)31(29,30)26(3)4/h5-10,12-13,20H,11H2,1-4H3,(H,24,28). The zero-order valence-corrected chi connectivity index (χ0v) is 18.5. The molecule has 0 fully saturated rings. The molecule has 0 bridgehead atoms. The molecule has 1 unspecified atom stereocenters. The van der Waals surface area contributed by atoms with Crippen LogP contribution in [-0.2, 0) is 21.4 Å². The van der Waals surface area contributed by atoms with Gasteiger partial charge in [0.25, 0.3) is 0 Å². The number of nitrogens with one attached hydrogen (secondary N) is 1. The normalized spacial score (nSPS) is 13.2. The average Bonchev–Trinajstić information content (AvgIpc) is 3.08. The van der Waals surface area contributed by atoms with Crippen LogP contribution >= 0.6 is 0 Å². The molecule has 166 valence electrons. The van der Waals surface area contributed by atoms with Gasteiger partial charge in [-0.1, -0.05) is 32.0 Å². The van der Waals surface area contributed by atoms with Crippen molar-refractivity contribution >= 4 is 27.0 Å². The zero-order valence-electron chi connectivity index (χ0n) is 17.6. The quantitative estimate of drug-likeness (QED) is 0.600. The highest BCUT2D eigenvalue weighted by molar-refractivity contribution is 7.89. The number of amides is 1. The number of carbonyl (C=O) groups is 1. The molecule has 1 heterocycles. The first-order valence-electron chi connectivity index (χ1n) is 9.63. The fraction of sp³-hybridized carbons (Fsp3) is 0.333. The van der Waals surface area contributed by atoms with E-state index in [1.807, 2.05) is 13.8 Å². The van der Waals surface area contributed by atoms with Gasteiger partial charge in [0.1, 0.15) is 6.04 Å². The maximum absolute atomic E-state index is 13.8. The molecule has 1 aromatic heterocycles. The number of halogens is 2. The number of benzene rings is 2. The van der Waals surface area contributed by atoms with E-state index in [-0.39, 0.29) is 22.9 Å². The largest absolute Gasteiger partial charge is 0.350 e. The second kappa shape index (κ2) is 8.72. The van der Waals surface area contributed by atoms with Crippen LogP contribution in [0.4, 0.5) is 8.78 Å². The number of imidazole rings is 1. The fourth-order valence-corrected chi connectivity index (χ4v) is 4.50. The van der Waals surface area contributed by atoms with Gasteiger partial charge in [-0.05, 0) is 17.5 Å². The number of nitrogens with zero attached hydrogens (tertiary/aromatic N) is 3. The van der Waals surface area contributed by atoms with Crippen LogP contribution in [0.3, 0.4) is 0 Å². The first-order valence-corrected chi connectivity index (χ1v) is 11.1. The van der Waals surface area contributed by atoms with Gasteiger partial charge in [0.2, 0.25) is 15.9 Å². The minimum absolute atomic E-state index is 0.0130. The lowest BCUT2D eigenvalue weighted by molar-refractivity contribution is -0.125. The van der Waals surface area contributed by atoms with Gasteiger partial charge >= 0.3 is 0 Å². The number of sulfonamides is 1. The summed E-state index contributed by atoms with van der Waals surface area (Å²) in [4.78, 5) is 17.2. The Bertz CT molecular complexity index is 1220. The molecule has 0 aliphatic heterocycles. The van der Waals surface area contributed by atoms with Gasteiger partial charge < -0.3 is 9.88 Å². The Hall–Kier alpha value is -2.85. The van der Waals surface area contributed by atoms with E-state index in [1.54, 1.807) is 18.2 Å². The van der Waals surface area contributed by atoms with Crippen molar-refractivity contribution < 1.29 is 22.0 Å². The fourth-order valence-electron chi connectivity index (χ4n) is 3.38. The molecular formula is C21H24F2N4O3S. The second-order valence-corrected chi connectivity index (χ2v) is 9.83. The molecule has 0 saturated carbocycles. The average molecular weight is 451 g/mol. The molecule has 10 heteroatoms. The number of rotatable bonds is 7. The summed E-state index contributed by atoms with van der Waals surface area (Å²) >= 11 is 0. The second-order valence-electron chi connectivity index (χ2n) is 7.71. The topological polar surface area (TPSA) is 84.3 Å². The van der Waals surface area contributed by atoms with Gasteiger partial charge in [-0.15, -0.1) is 0 Å². The Morgan fingerprint density at radius 1 is 1.16 bits per heavy atom. The Labute approximate surface area is 179 Å². The summed E-state index contributed by atoms with van der Waals surface area (Å²) in [5, 5.41) is 2.77. The number of aromatic nitrogens is 2. The molecule has 0 spiro atoms. The smallest absolute Gasteiger partial charge is 0.243 e. The van der Waals surface area contributed by atoms with Crippen molar-refractivity contribution in [2.24, 2.45) is 5.92 Å². The van der Waals surface area contributed by atoms with E-state index in [9.17, 15) is 22.0 Å². The molecule has 1 atom stereocenters. The molecule has 3 rings (SSSR count). The molecule has 3 aromatic rings. The number of fused-ring (bicyclic) bond motifs is 1. The van der Waals surface area contributed by atoms with Gasteiger partial charge in [-0.2, -0.15) is 0 Å². The molecule has 0 aliphatic carbocycles. The summed E-state index contributed by atoms with van der Waals surface area (Å²) in [6, 6.07) is 7.66. The number of carbonyl (C=O) groups excluding carboxylic acids is 1. The molecule has 1 N–H and O–H groups in total. The van der Waals surface area contributed by atoms with Crippen LogP contribution in [-0.4, -0.2) is 42.3 Å². The minimum Gasteiger partial charge on any atom is -0.350 e. The summed E-state index contributed by atoms with van der Waals surface area (Å²) in [6.07, 6.45) is 1.37. The Kier molecular flexibility index (Phi) is 6.42. The van der Waals surface area contributed by atoms with Gasteiger partial charge in [-0.25, -0.2) is 26.5 Å². The predicted octanol–water partition coefficient (Wildman–Crippen LogP) is 3.08. The van der Waals surface area contributed by atoms with Crippen molar-refractivity contribution in [2.75, 3.05) is 14.1 Å². The lowest BCUT2D eigenvalue weighted by Crippen LogP contribution is -2.35. The lowest BCUT2D eigenvalue weighted by Gasteiger charge is -2.23. The highest BCUT2D eigenvalue weighted by Crippen LogP contribution is 2.26.